The molecular formula is C21H24O2. The van der Waals surface area contributed by atoms with Gasteiger partial charge < -0.3 is 4.74 Å². The Labute approximate surface area is 138 Å². The van der Waals surface area contributed by atoms with E-state index in [2.05, 4.69) is 32.9 Å². The van der Waals surface area contributed by atoms with Gasteiger partial charge in [0, 0.05) is 6.08 Å². The van der Waals surface area contributed by atoms with Crippen LogP contribution in [0, 0.1) is 20.8 Å². The minimum Gasteiger partial charge on any atom is -0.455 e. The monoisotopic (exact) mass is 308 g/mol. The Morgan fingerprint density at radius 3 is 2.17 bits per heavy atom. The zero-order valence-electron chi connectivity index (χ0n) is 14.5. The third-order valence-electron chi connectivity index (χ3n) is 4.00. The highest BCUT2D eigenvalue weighted by Gasteiger charge is 2.15. The minimum atomic E-state index is -0.307. The van der Waals surface area contributed by atoms with Gasteiger partial charge in [-0.15, -0.1) is 0 Å². The molecule has 0 saturated carbocycles. The summed E-state index contributed by atoms with van der Waals surface area (Å²) in [6, 6.07) is 14.1. The molecule has 1 atom stereocenters. The Bertz CT molecular complexity index is 704. The topological polar surface area (TPSA) is 26.3 Å². The number of allylic oxidation sites excluding steroid dienone is 1. The van der Waals surface area contributed by atoms with E-state index in [1.807, 2.05) is 44.2 Å². The normalized spacial score (nSPS) is 12.8. The van der Waals surface area contributed by atoms with E-state index in [9.17, 15) is 4.79 Å². The first-order valence-corrected chi connectivity index (χ1v) is 7.90. The summed E-state index contributed by atoms with van der Waals surface area (Å²) in [5, 5.41) is 0. The van der Waals surface area contributed by atoms with Crippen LogP contribution in [0.5, 0.6) is 0 Å². The number of rotatable bonds is 4. The molecule has 2 nitrogen and oxygen atoms in total. The summed E-state index contributed by atoms with van der Waals surface area (Å²) in [7, 11) is 0. The molecule has 2 rings (SSSR count). The average Bonchev–Trinajstić information content (AvgIpc) is 2.46. The maximum Gasteiger partial charge on any atom is 0.331 e. The second-order valence-electron chi connectivity index (χ2n) is 6.08. The molecule has 0 N–H and O–H groups in total. The molecule has 2 heteroatoms. The van der Waals surface area contributed by atoms with E-state index in [1.165, 1.54) is 5.56 Å². The summed E-state index contributed by atoms with van der Waals surface area (Å²) in [5.74, 6) is -0.307. The van der Waals surface area contributed by atoms with Crippen LogP contribution >= 0.6 is 0 Å². The molecule has 2 aromatic carbocycles. The maximum atomic E-state index is 12.2. The van der Waals surface area contributed by atoms with E-state index in [-0.39, 0.29) is 12.1 Å². The number of ether oxygens (including phenoxy) is 1. The predicted octanol–water partition coefficient (Wildman–Crippen LogP) is 5.32. The van der Waals surface area contributed by atoms with E-state index in [1.54, 1.807) is 6.08 Å². The Hall–Kier alpha value is -2.35. The average molecular weight is 308 g/mol. The molecule has 0 radical (unpaired) electrons. The fourth-order valence-electron chi connectivity index (χ4n) is 3.06. The zero-order chi connectivity index (χ0) is 17.0. The Kier molecular flexibility index (Phi) is 5.38. The lowest BCUT2D eigenvalue weighted by molar-refractivity contribution is -0.142. The van der Waals surface area contributed by atoms with Gasteiger partial charge in [0.05, 0.1) is 0 Å². The van der Waals surface area contributed by atoms with E-state index in [0.717, 1.165) is 27.8 Å². The van der Waals surface area contributed by atoms with Crippen LogP contribution in [0.4, 0.5) is 0 Å². The zero-order valence-corrected chi connectivity index (χ0v) is 14.5. The number of aryl methyl sites for hydroxylation is 3. The van der Waals surface area contributed by atoms with Gasteiger partial charge in [-0.25, -0.2) is 4.79 Å². The smallest absolute Gasteiger partial charge is 0.331 e. The van der Waals surface area contributed by atoms with Gasteiger partial charge in [-0.3, -0.25) is 0 Å². The largest absolute Gasteiger partial charge is 0.455 e. The third kappa shape index (κ3) is 4.32. The number of hydrogen-bond donors (Lipinski definition) is 0. The van der Waals surface area contributed by atoms with Crippen molar-refractivity contribution in [1.82, 2.24) is 0 Å². The standard InChI is InChI=1S/C21H24O2/c1-14-11-16(3)21(17(4)12-14)18(5)23-20(22)13-15(2)19-9-7-6-8-10-19/h6-13,18H,1-5H3/b15-13+/t18-/m0/s1. The third-order valence-corrected chi connectivity index (χ3v) is 4.00. The number of esters is 1. The van der Waals surface area contributed by atoms with Gasteiger partial charge in [0.1, 0.15) is 6.10 Å². The van der Waals surface area contributed by atoms with Crippen molar-refractivity contribution in [2.24, 2.45) is 0 Å². The molecule has 0 unspecified atom stereocenters. The van der Waals surface area contributed by atoms with E-state index in [4.69, 9.17) is 4.74 Å². The maximum absolute atomic E-state index is 12.2. The van der Waals surface area contributed by atoms with Crippen LogP contribution < -0.4 is 0 Å². The Balaban J connectivity index is 2.15. The molecular weight excluding hydrogens is 284 g/mol. The molecule has 0 aliphatic heterocycles. The van der Waals surface area contributed by atoms with Crippen LogP contribution in [0.3, 0.4) is 0 Å². The lowest BCUT2D eigenvalue weighted by atomic mass is 9.96. The predicted molar refractivity (Wildman–Crippen MR) is 95.3 cm³/mol. The van der Waals surface area contributed by atoms with Gasteiger partial charge in [0.15, 0.2) is 0 Å². The van der Waals surface area contributed by atoms with E-state index in [0.29, 0.717) is 0 Å². The first-order valence-electron chi connectivity index (χ1n) is 7.90. The van der Waals surface area contributed by atoms with Crippen molar-refractivity contribution in [1.29, 1.82) is 0 Å². The number of carbonyl (C=O) groups is 1. The minimum absolute atomic E-state index is 0.261. The molecule has 0 fully saturated rings. The highest BCUT2D eigenvalue weighted by atomic mass is 16.5. The molecule has 0 aliphatic rings. The van der Waals surface area contributed by atoms with Gasteiger partial charge in [-0.05, 0) is 62.4 Å². The molecule has 0 spiro atoms. The lowest BCUT2D eigenvalue weighted by Crippen LogP contribution is -2.09. The molecule has 0 bridgehead atoms. The summed E-state index contributed by atoms with van der Waals surface area (Å²) >= 11 is 0. The van der Waals surface area contributed by atoms with Crippen molar-refractivity contribution in [2.75, 3.05) is 0 Å². The van der Waals surface area contributed by atoms with Gasteiger partial charge in [-0.2, -0.15) is 0 Å². The molecule has 0 amide bonds. The Morgan fingerprint density at radius 1 is 1.04 bits per heavy atom. The van der Waals surface area contributed by atoms with Gasteiger partial charge in [-0.1, -0.05) is 48.0 Å². The molecule has 0 aromatic heterocycles. The first-order chi connectivity index (χ1) is 10.9. The molecule has 2 aromatic rings. The summed E-state index contributed by atoms with van der Waals surface area (Å²) in [4.78, 5) is 12.2. The van der Waals surface area contributed by atoms with Crippen LogP contribution in [-0.4, -0.2) is 5.97 Å². The number of benzene rings is 2. The van der Waals surface area contributed by atoms with Gasteiger partial charge in [0.25, 0.3) is 0 Å². The summed E-state index contributed by atoms with van der Waals surface area (Å²) < 4.78 is 5.61. The van der Waals surface area contributed by atoms with Crippen molar-refractivity contribution >= 4 is 11.5 Å². The van der Waals surface area contributed by atoms with Gasteiger partial charge in [0.2, 0.25) is 0 Å². The second kappa shape index (κ2) is 7.28. The Morgan fingerprint density at radius 2 is 1.61 bits per heavy atom. The molecule has 0 heterocycles. The quantitative estimate of drug-likeness (QED) is 0.564. The summed E-state index contributed by atoms with van der Waals surface area (Å²) in [5.41, 5.74) is 6.56. The van der Waals surface area contributed by atoms with Crippen molar-refractivity contribution in [2.45, 2.75) is 40.7 Å². The highest BCUT2D eigenvalue weighted by Crippen LogP contribution is 2.26. The summed E-state index contributed by atoms with van der Waals surface area (Å²) in [6.45, 7) is 10.0. The van der Waals surface area contributed by atoms with Crippen LogP contribution in [0.25, 0.3) is 5.57 Å². The van der Waals surface area contributed by atoms with Crippen molar-refractivity contribution in [3.8, 4) is 0 Å². The second-order valence-corrected chi connectivity index (χ2v) is 6.08. The van der Waals surface area contributed by atoms with Crippen LogP contribution in [0.1, 0.15) is 47.8 Å². The van der Waals surface area contributed by atoms with Crippen molar-refractivity contribution < 1.29 is 9.53 Å². The van der Waals surface area contributed by atoms with Crippen molar-refractivity contribution in [3.63, 3.8) is 0 Å². The lowest BCUT2D eigenvalue weighted by Gasteiger charge is -2.18. The fourth-order valence-corrected chi connectivity index (χ4v) is 3.06. The number of hydrogen-bond acceptors (Lipinski definition) is 2. The molecule has 0 aliphatic carbocycles. The summed E-state index contributed by atoms with van der Waals surface area (Å²) in [6.07, 6.45) is 1.30. The van der Waals surface area contributed by atoms with Crippen LogP contribution in [-0.2, 0) is 9.53 Å². The van der Waals surface area contributed by atoms with Gasteiger partial charge >= 0.3 is 5.97 Å². The SMILES string of the molecule is C/C(=C\C(=O)O[C@@H](C)c1c(C)cc(C)cc1C)c1ccccc1. The van der Waals surface area contributed by atoms with E-state index >= 15 is 0 Å². The molecule has 120 valence electrons. The van der Waals surface area contributed by atoms with Crippen LogP contribution in [0.2, 0.25) is 0 Å². The highest BCUT2D eigenvalue weighted by molar-refractivity contribution is 5.91. The first kappa shape index (κ1) is 17.0. The number of carbonyl (C=O) groups excluding carboxylic acids is 1. The van der Waals surface area contributed by atoms with Crippen LogP contribution in [0.15, 0.2) is 48.5 Å². The molecule has 23 heavy (non-hydrogen) atoms. The molecule has 0 saturated heterocycles. The van der Waals surface area contributed by atoms with E-state index < -0.39 is 0 Å². The fraction of sp³-hybridized carbons (Fsp3) is 0.286. The van der Waals surface area contributed by atoms with Crippen molar-refractivity contribution in [3.05, 3.63) is 76.4 Å².